The second-order valence-electron chi connectivity index (χ2n) is 6.69. The number of anilines is 1. The van der Waals surface area contributed by atoms with Crippen molar-refractivity contribution in [2.75, 3.05) is 11.9 Å². The highest BCUT2D eigenvalue weighted by Gasteiger charge is 2.51. The van der Waals surface area contributed by atoms with E-state index in [9.17, 15) is 9.59 Å². The van der Waals surface area contributed by atoms with E-state index in [1.807, 2.05) is 25.2 Å². The minimum Gasteiger partial charge on any atom is -0.314 e. The predicted octanol–water partition coefficient (Wildman–Crippen LogP) is 3.70. The summed E-state index contributed by atoms with van der Waals surface area (Å²) in [4.78, 5) is 26.4. The highest BCUT2D eigenvalue weighted by molar-refractivity contribution is 6.08. The molecule has 21 heavy (non-hydrogen) atoms. The Balaban J connectivity index is 2.12. The van der Waals surface area contributed by atoms with E-state index in [4.69, 9.17) is 0 Å². The van der Waals surface area contributed by atoms with Crippen LogP contribution in [0.25, 0.3) is 0 Å². The molecular weight excluding hydrogens is 262 g/mol. The molecule has 0 bridgehead atoms. The van der Waals surface area contributed by atoms with E-state index in [-0.39, 0.29) is 11.7 Å². The fourth-order valence-electron chi connectivity index (χ4n) is 4.11. The monoisotopic (exact) mass is 285 g/mol. The Kier molecular flexibility index (Phi) is 3.39. The van der Waals surface area contributed by atoms with Gasteiger partial charge < -0.3 is 4.90 Å². The average molecular weight is 285 g/mol. The van der Waals surface area contributed by atoms with Crippen LogP contribution in [0.3, 0.4) is 0 Å². The van der Waals surface area contributed by atoms with Crippen molar-refractivity contribution in [2.24, 2.45) is 5.92 Å². The third-order valence-electron chi connectivity index (χ3n) is 5.49. The summed E-state index contributed by atoms with van der Waals surface area (Å²) in [5.74, 6) is 0.639. The van der Waals surface area contributed by atoms with Gasteiger partial charge in [-0.2, -0.15) is 0 Å². The third kappa shape index (κ3) is 2.02. The van der Waals surface area contributed by atoms with Gasteiger partial charge in [0.05, 0.1) is 5.41 Å². The Morgan fingerprint density at radius 2 is 1.90 bits per heavy atom. The number of nitrogens with zero attached hydrogens (tertiary/aromatic N) is 1. The van der Waals surface area contributed by atoms with Crippen LogP contribution < -0.4 is 4.90 Å². The average Bonchev–Trinajstić information content (AvgIpc) is 2.70. The van der Waals surface area contributed by atoms with Crippen LogP contribution in [0.15, 0.2) is 18.2 Å². The van der Waals surface area contributed by atoms with Gasteiger partial charge in [0.2, 0.25) is 5.91 Å². The first-order chi connectivity index (χ1) is 9.96. The summed E-state index contributed by atoms with van der Waals surface area (Å²) in [7, 11) is 1.85. The van der Waals surface area contributed by atoms with Gasteiger partial charge in [0.15, 0.2) is 5.78 Å². The second kappa shape index (κ2) is 4.97. The molecule has 3 heteroatoms. The van der Waals surface area contributed by atoms with E-state index in [2.05, 4.69) is 6.92 Å². The predicted molar refractivity (Wildman–Crippen MR) is 83.8 cm³/mol. The number of hydrogen-bond donors (Lipinski definition) is 0. The summed E-state index contributed by atoms with van der Waals surface area (Å²) in [5, 5.41) is 0. The summed E-state index contributed by atoms with van der Waals surface area (Å²) in [6, 6.07) is 5.71. The lowest BCUT2D eigenvalue weighted by Gasteiger charge is -2.35. The van der Waals surface area contributed by atoms with Gasteiger partial charge >= 0.3 is 0 Å². The van der Waals surface area contributed by atoms with Crippen molar-refractivity contribution in [3.8, 4) is 0 Å². The first-order valence-corrected chi connectivity index (χ1v) is 7.90. The number of likely N-dealkylation sites (N-methyl/N-ethyl adjacent to an activating group) is 1. The molecule has 0 aromatic heterocycles. The van der Waals surface area contributed by atoms with Crippen LogP contribution in [0.2, 0.25) is 0 Å². The van der Waals surface area contributed by atoms with E-state index in [1.54, 1.807) is 11.8 Å². The molecule has 0 radical (unpaired) electrons. The van der Waals surface area contributed by atoms with Crippen molar-refractivity contribution in [3.63, 3.8) is 0 Å². The van der Waals surface area contributed by atoms with Gasteiger partial charge in [0, 0.05) is 18.3 Å². The fraction of sp³-hybridized carbons (Fsp3) is 0.556. The number of hydrogen-bond acceptors (Lipinski definition) is 2. The smallest absolute Gasteiger partial charge is 0.237 e. The molecule has 1 heterocycles. The van der Waals surface area contributed by atoms with Crippen molar-refractivity contribution in [3.05, 3.63) is 29.3 Å². The first-order valence-electron chi connectivity index (χ1n) is 7.90. The van der Waals surface area contributed by atoms with E-state index >= 15 is 0 Å². The quantitative estimate of drug-likeness (QED) is 0.777. The number of rotatable bonds is 2. The molecule has 0 N–H and O–H groups in total. The second-order valence-corrected chi connectivity index (χ2v) is 6.69. The summed E-state index contributed by atoms with van der Waals surface area (Å²) in [6.45, 7) is 3.66. The maximum atomic E-state index is 12.9. The summed E-state index contributed by atoms with van der Waals surface area (Å²) < 4.78 is 0. The van der Waals surface area contributed by atoms with E-state index in [0.717, 1.165) is 24.1 Å². The van der Waals surface area contributed by atoms with Crippen LogP contribution >= 0.6 is 0 Å². The topological polar surface area (TPSA) is 37.4 Å². The minimum atomic E-state index is -0.462. The van der Waals surface area contributed by atoms with E-state index < -0.39 is 5.41 Å². The Morgan fingerprint density at radius 3 is 2.52 bits per heavy atom. The molecule has 112 valence electrons. The van der Waals surface area contributed by atoms with Gasteiger partial charge in [-0.15, -0.1) is 0 Å². The van der Waals surface area contributed by atoms with Crippen molar-refractivity contribution >= 4 is 17.4 Å². The zero-order valence-corrected chi connectivity index (χ0v) is 13.1. The largest absolute Gasteiger partial charge is 0.314 e. The van der Waals surface area contributed by atoms with Gasteiger partial charge in [0.25, 0.3) is 0 Å². The molecular formula is C18H23NO2. The lowest BCUT2D eigenvalue weighted by Crippen LogP contribution is -2.43. The molecule has 0 spiro atoms. The number of Topliss-reactive ketones (excluding diaryl/α,β-unsaturated/α-hetero) is 1. The SMILES string of the molecule is CC(=O)c1ccc2c(c1)[C@@](C)(C1CCCCC1)C(=O)N2C. The summed E-state index contributed by atoms with van der Waals surface area (Å²) in [6.07, 6.45) is 5.91. The van der Waals surface area contributed by atoms with Crippen molar-refractivity contribution in [2.45, 2.75) is 51.4 Å². The zero-order chi connectivity index (χ0) is 15.2. The van der Waals surface area contributed by atoms with Crippen LogP contribution in [0.5, 0.6) is 0 Å². The summed E-state index contributed by atoms with van der Waals surface area (Å²) >= 11 is 0. The molecule has 3 nitrogen and oxygen atoms in total. The third-order valence-corrected chi connectivity index (χ3v) is 5.49. The number of ketones is 1. The van der Waals surface area contributed by atoms with Gasteiger partial charge in [0.1, 0.15) is 0 Å². The van der Waals surface area contributed by atoms with Crippen LogP contribution in [-0.2, 0) is 10.2 Å². The van der Waals surface area contributed by atoms with Crippen LogP contribution in [-0.4, -0.2) is 18.7 Å². The maximum absolute atomic E-state index is 12.9. The molecule has 1 atom stereocenters. The lowest BCUT2D eigenvalue weighted by atomic mass is 9.66. The Bertz CT molecular complexity index is 601. The number of carbonyl (C=O) groups excluding carboxylic acids is 2. The van der Waals surface area contributed by atoms with Gasteiger partial charge in [-0.1, -0.05) is 19.3 Å². The summed E-state index contributed by atoms with van der Waals surface area (Å²) in [5.41, 5.74) is 2.27. The Labute approximate surface area is 126 Å². The standard InChI is InChI=1S/C18H23NO2/c1-12(20)13-9-10-16-15(11-13)18(2,17(21)19(16)3)14-7-5-4-6-8-14/h9-11,14H,4-8H2,1-3H3/t18-/m1/s1. The molecule has 1 saturated carbocycles. The molecule has 1 aliphatic heterocycles. The molecule has 1 amide bonds. The maximum Gasteiger partial charge on any atom is 0.237 e. The minimum absolute atomic E-state index is 0.0609. The molecule has 0 saturated heterocycles. The molecule has 0 unspecified atom stereocenters. The highest BCUT2D eigenvalue weighted by Crippen LogP contribution is 2.50. The zero-order valence-electron chi connectivity index (χ0n) is 13.1. The molecule has 1 aromatic carbocycles. The van der Waals surface area contributed by atoms with Crippen LogP contribution in [0.1, 0.15) is 61.9 Å². The van der Waals surface area contributed by atoms with Crippen molar-refractivity contribution < 1.29 is 9.59 Å². The molecule has 1 fully saturated rings. The fourth-order valence-corrected chi connectivity index (χ4v) is 4.11. The Hall–Kier alpha value is -1.64. The number of benzene rings is 1. The number of fused-ring (bicyclic) bond motifs is 1. The van der Waals surface area contributed by atoms with E-state index in [1.165, 1.54) is 19.3 Å². The van der Waals surface area contributed by atoms with Crippen molar-refractivity contribution in [1.29, 1.82) is 0 Å². The molecule has 2 aliphatic rings. The van der Waals surface area contributed by atoms with E-state index in [0.29, 0.717) is 11.5 Å². The lowest BCUT2D eigenvalue weighted by molar-refractivity contribution is -0.124. The van der Waals surface area contributed by atoms with Crippen LogP contribution in [0.4, 0.5) is 5.69 Å². The first kappa shape index (κ1) is 14.3. The van der Waals surface area contributed by atoms with Gasteiger partial charge in [-0.25, -0.2) is 0 Å². The normalized spacial score (nSPS) is 26.0. The highest BCUT2D eigenvalue weighted by atomic mass is 16.2. The number of carbonyl (C=O) groups is 2. The van der Waals surface area contributed by atoms with Gasteiger partial charge in [-0.05, 0) is 56.4 Å². The number of amides is 1. The van der Waals surface area contributed by atoms with Gasteiger partial charge in [-0.3, -0.25) is 9.59 Å². The molecule has 1 aromatic rings. The molecule has 1 aliphatic carbocycles. The van der Waals surface area contributed by atoms with Crippen LogP contribution in [0, 0.1) is 5.92 Å². The molecule has 3 rings (SSSR count). The Morgan fingerprint density at radius 1 is 1.24 bits per heavy atom. The van der Waals surface area contributed by atoms with Crippen molar-refractivity contribution in [1.82, 2.24) is 0 Å².